The highest BCUT2D eigenvalue weighted by Crippen LogP contribution is 2.17. The van der Waals surface area contributed by atoms with Crippen LogP contribution in [0.5, 0.6) is 0 Å². The van der Waals surface area contributed by atoms with Gasteiger partial charge >= 0.3 is 17.9 Å². The van der Waals surface area contributed by atoms with E-state index in [1.165, 1.54) is 238 Å². The molecule has 0 saturated heterocycles. The summed E-state index contributed by atoms with van der Waals surface area (Å²) >= 11 is 0. The number of allylic oxidation sites excluding steroid dienone is 8. The van der Waals surface area contributed by atoms with Crippen LogP contribution in [0.1, 0.15) is 355 Å². The molecule has 0 aromatic rings. The first kappa shape index (κ1) is 72.4. The monoisotopic (exact) mass is 1050 g/mol. The third-order valence-electron chi connectivity index (χ3n) is 14.8. The van der Waals surface area contributed by atoms with Crippen LogP contribution in [0.3, 0.4) is 0 Å². The molecule has 0 N–H and O–H groups in total. The fourth-order valence-electron chi connectivity index (χ4n) is 9.80. The lowest BCUT2D eigenvalue weighted by molar-refractivity contribution is -0.167. The second-order valence-electron chi connectivity index (χ2n) is 22.4. The summed E-state index contributed by atoms with van der Waals surface area (Å²) in [5.41, 5.74) is 0. The van der Waals surface area contributed by atoms with Gasteiger partial charge in [-0.1, -0.05) is 301 Å². The number of carbonyl (C=O) groups excluding carboxylic acids is 3. The van der Waals surface area contributed by atoms with Crippen molar-refractivity contribution >= 4 is 17.9 Å². The smallest absolute Gasteiger partial charge is 0.306 e. The Morgan fingerprint density at radius 1 is 0.267 bits per heavy atom. The number of carbonyl (C=O) groups is 3. The molecule has 0 spiro atoms. The lowest BCUT2D eigenvalue weighted by atomic mass is 10.0. The predicted molar refractivity (Wildman–Crippen MR) is 325 cm³/mol. The molecule has 0 aliphatic heterocycles. The van der Waals surface area contributed by atoms with Crippen LogP contribution < -0.4 is 0 Å². The maximum atomic E-state index is 12.9. The van der Waals surface area contributed by atoms with Crippen LogP contribution in [0.2, 0.25) is 0 Å². The summed E-state index contributed by atoms with van der Waals surface area (Å²) in [6.07, 6.45) is 79.8. The Hall–Kier alpha value is -2.63. The highest BCUT2D eigenvalue weighted by Gasteiger charge is 2.19. The van der Waals surface area contributed by atoms with E-state index in [1.54, 1.807) is 0 Å². The van der Waals surface area contributed by atoms with E-state index in [0.29, 0.717) is 19.3 Å². The number of unbranched alkanes of at least 4 members (excludes halogenated alkanes) is 42. The van der Waals surface area contributed by atoms with E-state index < -0.39 is 6.10 Å². The van der Waals surface area contributed by atoms with Crippen molar-refractivity contribution in [2.24, 2.45) is 0 Å². The van der Waals surface area contributed by atoms with Crippen LogP contribution in [-0.4, -0.2) is 37.2 Å². The Morgan fingerprint density at radius 3 is 0.787 bits per heavy atom. The lowest BCUT2D eigenvalue weighted by Gasteiger charge is -2.18. The third-order valence-corrected chi connectivity index (χ3v) is 14.8. The summed E-state index contributed by atoms with van der Waals surface area (Å²) in [5.74, 6) is -0.862. The van der Waals surface area contributed by atoms with Crippen molar-refractivity contribution in [3.63, 3.8) is 0 Å². The Labute approximate surface area is 467 Å². The van der Waals surface area contributed by atoms with Crippen molar-refractivity contribution in [3.8, 4) is 0 Å². The Bertz CT molecular complexity index is 1300. The maximum Gasteiger partial charge on any atom is 0.306 e. The fourth-order valence-corrected chi connectivity index (χ4v) is 9.80. The van der Waals surface area contributed by atoms with E-state index in [1.807, 2.05) is 0 Å². The topological polar surface area (TPSA) is 78.9 Å². The van der Waals surface area contributed by atoms with E-state index in [9.17, 15) is 14.4 Å². The summed E-state index contributed by atoms with van der Waals surface area (Å²) < 4.78 is 16.9. The molecule has 0 aromatic carbocycles. The van der Waals surface area contributed by atoms with Crippen molar-refractivity contribution in [3.05, 3.63) is 48.6 Å². The number of hydrogen-bond donors (Lipinski definition) is 0. The summed E-state index contributed by atoms with van der Waals surface area (Å²) in [6, 6.07) is 0. The van der Waals surface area contributed by atoms with Gasteiger partial charge in [-0.25, -0.2) is 0 Å². The minimum atomic E-state index is -0.775. The second-order valence-corrected chi connectivity index (χ2v) is 22.4. The third kappa shape index (κ3) is 62.1. The SMILES string of the molecule is CCCCC/C=C\CCCCCCCC(=O)OCC(COC(=O)CCCCCCCCCCCCCC/C=C\C/C=C\C/C=C\CCCCCCC)OC(=O)CCCCCCCCCCCCCCCCCCCC. The molecule has 438 valence electrons. The Kier molecular flexibility index (Phi) is 61.7. The molecule has 1 unspecified atom stereocenters. The van der Waals surface area contributed by atoms with Gasteiger partial charge in [-0.2, -0.15) is 0 Å². The molecule has 0 rings (SSSR count). The van der Waals surface area contributed by atoms with Gasteiger partial charge in [0.15, 0.2) is 6.10 Å². The molecule has 0 radical (unpaired) electrons. The summed E-state index contributed by atoms with van der Waals surface area (Å²) in [4.78, 5) is 38.3. The van der Waals surface area contributed by atoms with Crippen molar-refractivity contribution in [1.82, 2.24) is 0 Å². The first-order valence-corrected chi connectivity index (χ1v) is 33.1. The zero-order valence-electron chi connectivity index (χ0n) is 50.3. The zero-order valence-corrected chi connectivity index (χ0v) is 50.3. The summed E-state index contributed by atoms with van der Waals surface area (Å²) in [6.45, 7) is 6.65. The Morgan fingerprint density at radius 2 is 0.480 bits per heavy atom. The molecule has 0 saturated carbocycles. The van der Waals surface area contributed by atoms with Gasteiger partial charge in [0.25, 0.3) is 0 Å². The van der Waals surface area contributed by atoms with Gasteiger partial charge in [0.1, 0.15) is 13.2 Å². The Balaban J connectivity index is 4.23. The van der Waals surface area contributed by atoms with Crippen molar-refractivity contribution in [2.75, 3.05) is 13.2 Å². The van der Waals surface area contributed by atoms with Crippen LogP contribution in [0.4, 0.5) is 0 Å². The molecule has 6 heteroatoms. The van der Waals surface area contributed by atoms with Gasteiger partial charge in [-0.3, -0.25) is 14.4 Å². The molecule has 0 amide bonds. The van der Waals surface area contributed by atoms with E-state index in [2.05, 4.69) is 69.4 Å². The van der Waals surface area contributed by atoms with Crippen molar-refractivity contribution in [2.45, 2.75) is 361 Å². The van der Waals surface area contributed by atoms with E-state index in [-0.39, 0.29) is 31.1 Å². The molecule has 75 heavy (non-hydrogen) atoms. The highest BCUT2D eigenvalue weighted by molar-refractivity contribution is 5.71. The van der Waals surface area contributed by atoms with E-state index in [0.717, 1.165) is 77.0 Å². The average Bonchev–Trinajstić information content (AvgIpc) is 3.41. The van der Waals surface area contributed by atoms with Gasteiger partial charge in [0.05, 0.1) is 0 Å². The minimum Gasteiger partial charge on any atom is -0.462 e. The first-order chi connectivity index (χ1) is 37.0. The molecule has 0 aliphatic rings. The zero-order chi connectivity index (χ0) is 54.3. The molecule has 0 aromatic heterocycles. The van der Waals surface area contributed by atoms with Crippen LogP contribution in [-0.2, 0) is 28.6 Å². The molecule has 0 bridgehead atoms. The van der Waals surface area contributed by atoms with Crippen LogP contribution in [0.25, 0.3) is 0 Å². The molecule has 6 nitrogen and oxygen atoms in total. The van der Waals surface area contributed by atoms with Gasteiger partial charge in [0.2, 0.25) is 0 Å². The first-order valence-electron chi connectivity index (χ1n) is 33.1. The van der Waals surface area contributed by atoms with E-state index >= 15 is 0 Å². The van der Waals surface area contributed by atoms with Gasteiger partial charge in [0, 0.05) is 19.3 Å². The number of rotatable bonds is 61. The highest BCUT2D eigenvalue weighted by atomic mass is 16.6. The molecular formula is C69H126O6. The van der Waals surface area contributed by atoms with Crippen LogP contribution >= 0.6 is 0 Å². The van der Waals surface area contributed by atoms with Crippen molar-refractivity contribution in [1.29, 1.82) is 0 Å². The maximum absolute atomic E-state index is 12.9. The van der Waals surface area contributed by atoms with Gasteiger partial charge < -0.3 is 14.2 Å². The van der Waals surface area contributed by atoms with E-state index in [4.69, 9.17) is 14.2 Å². The molecule has 1 atom stereocenters. The quantitative estimate of drug-likeness (QED) is 0.0261. The fraction of sp³-hybridized carbons (Fsp3) is 0.841. The molecule has 0 aliphatic carbocycles. The average molecular weight is 1050 g/mol. The summed E-state index contributed by atoms with van der Waals surface area (Å²) in [7, 11) is 0. The lowest BCUT2D eigenvalue weighted by Crippen LogP contribution is -2.30. The number of esters is 3. The number of ether oxygens (including phenoxy) is 3. The van der Waals surface area contributed by atoms with Crippen molar-refractivity contribution < 1.29 is 28.6 Å². The normalized spacial score (nSPS) is 12.3. The largest absolute Gasteiger partial charge is 0.462 e. The van der Waals surface area contributed by atoms with Gasteiger partial charge in [-0.05, 0) is 83.5 Å². The standard InChI is InChI=1S/C69H126O6/c1-4-7-10-13-16-19-22-25-27-29-31-32-33-34-35-36-37-38-39-41-42-44-47-50-53-56-59-62-68(71)74-65-66(64-73-67(70)61-58-55-52-49-46-24-21-18-15-12-9-6-3)75-69(72)63-60-57-54-51-48-45-43-40-30-28-26-23-20-17-14-11-8-5-2/h18,21-22,25,29,31,33-34,66H,4-17,19-20,23-24,26-28,30,32,35-65H2,1-3H3/b21-18-,25-22-,31-29-,34-33-. The molecule has 0 fully saturated rings. The second kappa shape index (κ2) is 63.9. The molecular weight excluding hydrogens is 925 g/mol. The minimum absolute atomic E-state index is 0.0727. The predicted octanol–water partition coefficient (Wildman–Crippen LogP) is 22.6. The van der Waals surface area contributed by atoms with Gasteiger partial charge in [-0.15, -0.1) is 0 Å². The molecule has 0 heterocycles. The number of hydrogen-bond acceptors (Lipinski definition) is 6. The van der Waals surface area contributed by atoms with Crippen LogP contribution in [0.15, 0.2) is 48.6 Å². The van der Waals surface area contributed by atoms with Crippen LogP contribution in [0, 0.1) is 0 Å². The summed E-state index contributed by atoms with van der Waals surface area (Å²) in [5, 5.41) is 0.